The van der Waals surface area contributed by atoms with Gasteiger partial charge in [0.25, 0.3) is 0 Å². The number of carbonyl (C=O) groups excluding carboxylic acids is 3. The highest BCUT2D eigenvalue weighted by Gasteiger charge is 2.19. The molecule has 1 aromatic carbocycles. The lowest BCUT2D eigenvalue weighted by molar-refractivity contribution is -0.156. The number of Topliss-reactive ketones (excluding diaryl/α,β-unsaturated/α-hetero) is 1. The number of ether oxygens (including phenoxy) is 1. The third kappa shape index (κ3) is 4.56. The summed E-state index contributed by atoms with van der Waals surface area (Å²) >= 11 is 0. The molecule has 0 radical (unpaired) electrons. The molecule has 0 saturated heterocycles. The quantitative estimate of drug-likeness (QED) is 0.435. The van der Waals surface area contributed by atoms with Gasteiger partial charge < -0.3 is 9.84 Å². The number of ketones is 1. The zero-order chi connectivity index (χ0) is 12.7. The van der Waals surface area contributed by atoms with E-state index >= 15 is 0 Å². The Hall–Kier alpha value is -2.01. The van der Waals surface area contributed by atoms with Gasteiger partial charge in [-0.1, -0.05) is 30.3 Å². The Morgan fingerprint density at radius 1 is 1.29 bits per heavy atom. The van der Waals surface area contributed by atoms with Crippen LogP contribution in [0.2, 0.25) is 0 Å². The van der Waals surface area contributed by atoms with E-state index in [1.165, 1.54) is 0 Å². The van der Waals surface area contributed by atoms with Crippen LogP contribution in [0.15, 0.2) is 30.3 Å². The first-order valence-electron chi connectivity index (χ1n) is 5.00. The van der Waals surface area contributed by atoms with Gasteiger partial charge in [0, 0.05) is 0 Å². The summed E-state index contributed by atoms with van der Waals surface area (Å²) in [6.07, 6.45) is -2.07. The van der Waals surface area contributed by atoms with Crippen LogP contribution in [0.5, 0.6) is 0 Å². The first-order chi connectivity index (χ1) is 8.13. The normalized spacial score (nSPS) is 11.6. The summed E-state index contributed by atoms with van der Waals surface area (Å²) < 4.78 is 4.78. The van der Waals surface area contributed by atoms with Gasteiger partial charge in [-0.2, -0.15) is 0 Å². The zero-order valence-electron chi connectivity index (χ0n) is 9.04. The van der Waals surface area contributed by atoms with Crippen LogP contribution in [0.25, 0.3) is 0 Å². The molecule has 1 N–H and O–H groups in total. The van der Waals surface area contributed by atoms with Gasteiger partial charge in [0.1, 0.15) is 6.61 Å². The van der Waals surface area contributed by atoms with Crippen molar-refractivity contribution in [2.75, 3.05) is 0 Å². The smallest absolute Gasteiger partial charge is 0.335 e. The van der Waals surface area contributed by atoms with Gasteiger partial charge in [0.2, 0.25) is 0 Å². The number of aliphatic hydroxyl groups excluding tert-OH is 1. The van der Waals surface area contributed by atoms with Gasteiger partial charge >= 0.3 is 5.97 Å². The Bertz CT molecular complexity index is 399. The second-order valence-corrected chi connectivity index (χ2v) is 3.40. The number of aliphatic hydroxyl groups is 1. The lowest BCUT2D eigenvalue weighted by atomic mass is 10.2. The van der Waals surface area contributed by atoms with Crippen LogP contribution < -0.4 is 0 Å². The van der Waals surface area contributed by atoms with E-state index in [1.54, 1.807) is 24.3 Å². The van der Waals surface area contributed by atoms with Crippen molar-refractivity contribution in [3.63, 3.8) is 0 Å². The first-order valence-corrected chi connectivity index (χ1v) is 5.00. The highest BCUT2D eigenvalue weighted by molar-refractivity contribution is 6.25. The van der Waals surface area contributed by atoms with Crippen LogP contribution in [-0.2, 0) is 25.7 Å². The Morgan fingerprint density at radius 2 is 1.94 bits per heavy atom. The second-order valence-electron chi connectivity index (χ2n) is 3.40. The predicted molar refractivity (Wildman–Crippen MR) is 57.9 cm³/mol. The lowest BCUT2D eigenvalue weighted by Gasteiger charge is -2.08. The van der Waals surface area contributed by atoms with E-state index in [9.17, 15) is 19.5 Å². The van der Waals surface area contributed by atoms with E-state index in [0.717, 1.165) is 5.56 Å². The molecule has 0 unspecified atom stereocenters. The Morgan fingerprint density at radius 3 is 2.53 bits per heavy atom. The molecular weight excluding hydrogens is 224 g/mol. The molecule has 1 aromatic rings. The first kappa shape index (κ1) is 13.1. The fraction of sp³-hybridized carbons (Fsp3) is 0.250. The predicted octanol–water partition coefficient (Wildman–Crippen LogP) is 0.249. The zero-order valence-corrected chi connectivity index (χ0v) is 9.04. The third-order valence-electron chi connectivity index (χ3n) is 2.02. The van der Waals surface area contributed by atoms with Gasteiger partial charge in [0.15, 0.2) is 18.2 Å². The summed E-state index contributed by atoms with van der Waals surface area (Å²) in [6.45, 7) is 0.0199. The summed E-state index contributed by atoms with van der Waals surface area (Å²) in [5.41, 5.74) is 0.773. The highest BCUT2D eigenvalue weighted by atomic mass is 16.5. The van der Waals surface area contributed by atoms with Gasteiger partial charge in [-0.25, -0.2) is 4.79 Å². The number of carbonyl (C=O) groups is 3. The molecule has 0 saturated carbocycles. The summed E-state index contributed by atoms with van der Waals surface area (Å²) in [4.78, 5) is 31.9. The van der Waals surface area contributed by atoms with Gasteiger partial charge in [-0.15, -0.1) is 0 Å². The standard InChI is InChI=1S/C12H12O5/c13-7-10(14)6-11(15)12(16)17-8-9-4-2-1-3-5-9/h1-5,7,11,15H,6,8H2/t11-/m1/s1. The molecule has 90 valence electrons. The minimum Gasteiger partial charge on any atom is -0.459 e. The molecule has 0 aliphatic heterocycles. The summed E-state index contributed by atoms with van der Waals surface area (Å²) in [5.74, 6) is -1.75. The van der Waals surface area contributed by atoms with Gasteiger partial charge in [0.05, 0.1) is 6.42 Å². The van der Waals surface area contributed by atoms with Crippen LogP contribution in [0.1, 0.15) is 12.0 Å². The minimum atomic E-state index is -1.59. The van der Waals surface area contributed by atoms with Crippen LogP contribution >= 0.6 is 0 Å². The Kier molecular flexibility index (Phi) is 5.03. The van der Waals surface area contributed by atoms with Gasteiger partial charge in [-0.05, 0) is 5.56 Å². The van der Waals surface area contributed by atoms with Crippen molar-refractivity contribution in [1.29, 1.82) is 0 Å². The van der Waals surface area contributed by atoms with E-state index in [1.807, 2.05) is 6.07 Å². The Labute approximate surface area is 98.0 Å². The minimum absolute atomic E-state index is 0.0199. The largest absolute Gasteiger partial charge is 0.459 e. The van der Waals surface area contributed by atoms with Crippen molar-refractivity contribution >= 4 is 18.0 Å². The number of hydrogen-bond acceptors (Lipinski definition) is 5. The fourth-order valence-electron chi connectivity index (χ4n) is 1.15. The monoisotopic (exact) mass is 236 g/mol. The highest BCUT2D eigenvalue weighted by Crippen LogP contribution is 2.03. The van der Waals surface area contributed by atoms with Crippen LogP contribution in [0.4, 0.5) is 0 Å². The molecule has 17 heavy (non-hydrogen) atoms. The van der Waals surface area contributed by atoms with Crippen molar-refractivity contribution in [1.82, 2.24) is 0 Å². The van der Waals surface area contributed by atoms with Crippen molar-refractivity contribution in [2.24, 2.45) is 0 Å². The van der Waals surface area contributed by atoms with E-state index in [2.05, 4.69) is 0 Å². The molecule has 0 aliphatic rings. The lowest BCUT2D eigenvalue weighted by Crippen LogP contribution is -2.26. The molecule has 5 nitrogen and oxygen atoms in total. The average molecular weight is 236 g/mol. The number of aldehydes is 1. The fourth-order valence-corrected chi connectivity index (χ4v) is 1.15. The molecule has 0 heterocycles. The molecule has 5 heteroatoms. The van der Waals surface area contributed by atoms with Crippen molar-refractivity contribution < 1.29 is 24.2 Å². The molecule has 0 bridgehead atoms. The summed E-state index contributed by atoms with van der Waals surface area (Å²) in [6, 6.07) is 8.92. The van der Waals surface area contributed by atoms with Gasteiger partial charge in [-0.3, -0.25) is 9.59 Å². The second kappa shape index (κ2) is 6.55. The topological polar surface area (TPSA) is 80.7 Å². The van der Waals surface area contributed by atoms with E-state index in [-0.39, 0.29) is 12.9 Å². The van der Waals surface area contributed by atoms with Crippen molar-refractivity contribution in [2.45, 2.75) is 19.1 Å². The molecule has 1 rings (SSSR count). The number of hydrogen-bond donors (Lipinski definition) is 1. The average Bonchev–Trinajstić information content (AvgIpc) is 2.36. The number of benzene rings is 1. The van der Waals surface area contributed by atoms with E-state index in [4.69, 9.17) is 4.74 Å². The number of rotatable bonds is 6. The van der Waals surface area contributed by atoms with Crippen LogP contribution in [0, 0.1) is 0 Å². The van der Waals surface area contributed by atoms with Crippen molar-refractivity contribution in [3.05, 3.63) is 35.9 Å². The summed E-state index contributed by atoms with van der Waals surface area (Å²) in [5, 5.41) is 9.24. The maximum absolute atomic E-state index is 11.2. The summed E-state index contributed by atoms with van der Waals surface area (Å²) in [7, 11) is 0. The van der Waals surface area contributed by atoms with E-state index in [0.29, 0.717) is 0 Å². The molecule has 0 amide bonds. The SMILES string of the molecule is O=CC(=O)C[C@@H](O)C(=O)OCc1ccccc1. The van der Waals surface area contributed by atoms with Crippen molar-refractivity contribution in [3.8, 4) is 0 Å². The maximum Gasteiger partial charge on any atom is 0.335 e. The van der Waals surface area contributed by atoms with E-state index < -0.39 is 24.3 Å². The number of esters is 1. The third-order valence-corrected chi connectivity index (χ3v) is 2.02. The van der Waals surface area contributed by atoms with Crippen LogP contribution in [0.3, 0.4) is 0 Å². The molecular formula is C12H12O5. The maximum atomic E-state index is 11.2. The Balaban J connectivity index is 2.39. The molecule has 0 fully saturated rings. The molecule has 1 atom stereocenters. The molecule has 0 aromatic heterocycles. The molecule has 0 aliphatic carbocycles. The van der Waals surface area contributed by atoms with Crippen LogP contribution in [-0.4, -0.2) is 29.2 Å². The molecule has 0 spiro atoms.